The quantitative estimate of drug-likeness (QED) is 0.790. The van der Waals surface area contributed by atoms with Crippen LogP contribution in [0.4, 0.5) is 5.69 Å². The molecule has 0 aliphatic heterocycles. The van der Waals surface area contributed by atoms with Crippen LogP contribution in [-0.4, -0.2) is 13.5 Å². The van der Waals surface area contributed by atoms with Gasteiger partial charge in [-0.15, -0.1) is 11.3 Å². The summed E-state index contributed by atoms with van der Waals surface area (Å²) >= 11 is 4.46. The summed E-state index contributed by atoms with van der Waals surface area (Å²) in [6.07, 6.45) is 1.75. The zero-order valence-electron chi connectivity index (χ0n) is 11.5. The summed E-state index contributed by atoms with van der Waals surface area (Å²) in [5, 5.41) is 9.12. The van der Waals surface area contributed by atoms with Crippen molar-refractivity contribution >= 4 is 43.0 Å². The molecule has 0 atom stereocenters. The summed E-state index contributed by atoms with van der Waals surface area (Å²) in [5.41, 5.74) is 1.57. The van der Waals surface area contributed by atoms with Gasteiger partial charge in [0.15, 0.2) is 0 Å². The van der Waals surface area contributed by atoms with Crippen LogP contribution < -0.4 is 4.72 Å². The Hall–Kier alpha value is -0.890. The number of benzene rings is 1. The molecule has 0 saturated heterocycles. The standard InChI is InChI=1S/C14H16BrNO3S2/c1-2-5-10-6-3-4-7-12(10)16-21(18,19)13-8-11(9-17)20-14(13)15/h3-4,6-8,16-17H,2,5,9H2,1H3. The van der Waals surface area contributed by atoms with Crippen molar-refractivity contribution in [3.8, 4) is 0 Å². The summed E-state index contributed by atoms with van der Waals surface area (Å²) in [6.45, 7) is 1.87. The van der Waals surface area contributed by atoms with Gasteiger partial charge in [-0.1, -0.05) is 31.5 Å². The summed E-state index contributed by atoms with van der Waals surface area (Å²) in [4.78, 5) is 0.756. The fourth-order valence-corrected chi connectivity index (χ4v) is 5.61. The third kappa shape index (κ3) is 3.85. The minimum Gasteiger partial charge on any atom is -0.391 e. The number of hydrogen-bond acceptors (Lipinski definition) is 4. The van der Waals surface area contributed by atoms with Crippen molar-refractivity contribution in [1.82, 2.24) is 0 Å². The molecule has 0 amide bonds. The second kappa shape index (κ2) is 6.91. The topological polar surface area (TPSA) is 66.4 Å². The lowest BCUT2D eigenvalue weighted by atomic mass is 10.1. The Morgan fingerprint density at radius 1 is 1.33 bits per heavy atom. The zero-order valence-corrected chi connectivity index (χ0v) is 14.7. The number of para-hydroxylation sites is 1. The predicted molar refractivity (Wildman–Crippen MR) is 89.2 cm³/mol. The maximum absolute atomic E-state index is 12.5. The van der Waals surface area contributed by atoms with Gasteiger partial charge < -0.3 is 5.11 Å². The highest BCUT2D eigenvalue weighted by molar-refractivity contribution is 9.11. The van der Waals surface area contributed by atoms with E-state index in [2.05, 4.69) is 20.7 Å². The van der Waals surface area contributed by atoms with Crippen LogP contribution in [0.5, 0.6) is 0 Å². The van der Waals surface area contributed by atoms with Gasteiger partial charge >= 0.3 is 0 Å². The van der Waals surface area contributed by atoms with Gasteiger partial charge in [0.05, 0.1) is 16.1 Å². The number of thiophene rings is 1. The van der Waals surface area contributed by atoms with E-state index in [4.69, 9.17) is 5.11 Å². The molecule has 0 saturated carbocycles. The monoisotopic (exact) mass is 389 g/mol. The molecule has 2 aromatic rings. The molecule has 0 spiro atoms. The van der Waals surface area contributed by atoms with Crippen LogP contribution in [0.2, 0.25) is 0 Å². The van der Waals surface area contributed by atoms with Crippen LogP contribution in [0.1, 0.15) is 23.8 Å². The number of rotatable bonds is 6. The molecule has 0 fully saturated rings. The number of aliphatic hydroxyl groups is 1. The minimum atomic E-state index is -3.67. The second-order valence-corrected chi connectivity index (χ2v) is 8.63. The SMILES string of the molecule is CCCc1ccccc1NS(=O)(=O)c1cc(CO)sc1Br. The van der Waals surface area contributed by atoms with Gasteiger partial charge in [-0.05, 0) is 40.0 Å². The van der Waals surface area contributed by atoms with Crippen LogP contribution in [0.25, 0.3) is 0 Å². The first-order chi connectivity index (χ1) is 9.97. The Labute approximate surface area is 137 Å². The maximum atomic E-state index is 12.5. The summed E-state index contributed by atoms with van der Waals surface area (Å²) in [7, 11) is -3.67. The normalized spacial score (nSPS) is 11.6. The van der Waals surface area contributed by atoms with Crippen molar-refractivity contribution in [3.05, 3.63) is 44.6 Å². The van der Waals surface area contributed by atoms with E-state index in [-0.39, 0.29) is 11.5 Å². The predicted octanol–water partition coefficient (Wildman–Crippen LogP) is 3.76. The lowest BCUT2D eigenvalue weighted by Gasteiger charge is -2.11. The molecule has 1 aromatic carbocycles. The highest BCUT2D eigenvalue weighted by Gasteiger charge is 2.21. The van der Waals surface area contributed by atoms with Gasteiger partial charge in [0.1, 0.15) is 4.90 Å². The molecule has 0 aliphatic carbocycles. The smallest absolute Gasteiger partial charge is 0.263 e. The van der Waals surface area contributed by atoms with Gasteiger partial charge in [-0.3, -0.25) is 4.72 Å². The van der Waals surface area contributed by atoms with E-state index < -0.39 is 10.0 Å². The van der Waals surface area contributed by atoms with Crippen molar-refractivity contribution in [3.63, 3.8) is 0 Å². The summed E-state index contributed by atoms with van der Waals surface area (Å²) < 4.78 is 28.1. The van der Waals surface area contributed by atoms with Crippen molar-refractivity contribution in [2.24, 2.45) is 0 Å². The first-order valence-electron chi connectivity index (χ1n) is 6.47. The number of aryl methyl sites for hydroxylation is 1. The lowest BCUT2D eigenvalue weighted by Crippen LogP contribution is -2.14. The number of aliphatic hydroxyl groups excluding tert-OH is 1. The molecule has 1 heterocycles. The molecule has 0 bridgehead atoms. The Morgan fingerprint density at radius 2 is 2.05 bits per heavy atom. The second-order valence-electron chi connectivity index (χ2n) is 4.52. The molecule has 0 aliphatic rings. The van der Waals surface area contributed by atoms with E-state index in [0.717, 1.165) is 18.4 Å². The molecular formula is C14H16BrNO3S2. The molecular weight excluding hydrogens is 374 g/mol. The minimum absolute atomic E-state index is 0.155. The van der Waals surface area contributed by atoms with E-state index in [0.29, 0.717) is 14.4 Å². The Morgan fingerprint density at radius 3 is 2.67 bits per heavy atom. The van der Waals surface area contributed by atoms with Crippen molar-refractivity contribution in [1.29, 1.82) is 0 Å². The van der Waals surface area contributed by atoms with Gasteiger partial charge in [0.25, 0.3) is 10.0 Å². The largest absolute Gasteiger partial charge is 0.391 e. The van der Waals surface area contributed by atoms with E-state index in [1.54, 1.807) is 12.1 Å². The highest BCUT2D eigenvalue weighted by Crippen LogP contribution is 2.33. The Bertz CT molecular complexity index is 726. The van der Waals surface area contributed by atoms with E-state index in [9.17, 15) is 8.42 Å². The van der Waals surface area contributed by atoms with E-state index >= 15 is 0 Å². The van der Waals surface area contributed by atoms with Crippen LogP contribution >= 0.6 is 27.3 Å². The first kappa shape index (κ1) is 16.5. The number of halogens is 1. The van der Waals surface area contributed by atoms with Crippen LogP contribution in [-0.2, 0) is 23.1 Å². The molecule has 7 heteroatoms. The molecule has 0 radical (unpaired) electrons. The van der Waals surface area contributed by atoms with Gasteiger partial charge in [-0.2, -0.15) is 0 Å². The van der Waals surface area contributed by atoms with Gasteiger partial charge in [0, 0.05) is 4.88 Å². The molecule has 2 rings (SSSR count). The Balaban J connectivity index is 2.35. The summed E-state index contributed by atoms with van der Waals surface area (Å²) in [6, 6.07) is 8.87. The average Bonchev–Trinajstić information content (AvgIpc) is 2.83. The van der Waals surface area contributed by atoms with Crippen molar-refractivity contribution in [2.45, 2.75) is 31.3 Å². The van der Waals surface area contributed by atoms with E-state index in [1.807, 2.05) is 19.1 Å². The number of sulfonamides is 1. The number of nitrogens with one attached hydrogen (secondary N) is 1. The molecule has 4 nitrogen and oxygen atoms in total. The van der Waals surface area contributed by atoms with Crippen LogP contribution in [0, 0.1) is 0 Å². The van der Waals surface area contributed by atoms with Crippen LogP contribution in [0.3, 0.4) is 0 Å². The highest BCUT2D eigenvalue weighted by atomic mass is 79.9. The van der Waals surface area contributed by atoms with Gasteiger partial charge in [0.2, 0.25) is 0 Å². The van der Waals surface area contributed by atoms with Crippen LogP contribution in [0.15, 0.2) is 39.0 Å². The zero-order chi connectivity index (χ0) is 15.5. The molecule has 1 aromatic heterocycles. The molecule has 0 unspecified atom stereocenters. The maximum Gasteiger partial charge on any atom is 0.263 e. The fraction of sp³-hybridized carbons (Fsp3) is 0.286. The average molecular weight is 390 g/mol. The number of hydrogen-bond donors (Lipinski definition) is 2. The molecule has 21 heavy (non-hydrogen) atoms. The summed E-state index contributed by atoms with van der Waals surface area (Å²) in [5.74, 6) is 0. The van der Waals surface area contributed by atoms with Crippen molar-refractivity contribution < 1.29 is 13.5 Å². The molecule has 114 valence electrons. The molecule has 2 N–H and O–H groups in total. The first-order valence-corrected chi connectivity index (χ1v) is 9.57. The lowest BCUT2D eigenvalue weighted by molar-refractivity contribution is 0.285. The Kier molecular flexibility index (Phi) is 5.43. The van der Waals surface area contributed by atoms with Gasteiger partial charge in [-0.25, -0.2) is 8.42 Å². The third-order valence-corrected chi connectivity index (χ3v) is 6.54. The number of anilines is 1. The fourth-order valence-electron chi connectivity index (χ4n) is 1.97. The van der Waals surface area contributed by atoms with E-state index in [1.165, 1.54) is 17.4 Å². The van der Waals surface area contributed by atoms with Crippen molar-refractivity contribution in [2.75, 3.05) is 4.72 Å². The third-order valence-electron chi connectivity index (χ3n) is 2.93.